The van der Waals surface area contributed by atoms with Crippen molar-refractivity contribution in [1.29, 1.82) is 0 Å². The molecule has 1 aromatic rings. The van der Waals surface area contributed by atoms with Crippen LogP contribution in [0.4, 0.5) is 0 Å². The third-order valence-corrected chi connectivity index (χ3v) is 4.14. The van der Waals surface area contributed by atoms with Crippen molar-refractivity contribution in [2.45, 2.75) is 78.1 Å². The summed E-state index contributed by atoms with van der Waals surface area (Å²) in [6, 6.07) is 3.55. The minimum absolute atomic E-state index is 0.199. The van der Waals surface area contributed by atoms with Crippen LogP contribution in [0.1, 0.15) is 75.8 Å². The van der Waals surface area contributed by atoms with Gasteiger partial charge in [-0.2, -0.15) is 0 Å². The topological polar surface area (TPSA) is 40.5 Å². The largest absolute Gasteiger partial charge is 0.508 e. The molecule has 2 nitrogen and oxygen atoms in total. The van der Waals surface area contributed by atoms with Gasteiger partial charge in [0.1, 0.15) is 11.5 Å². The summed E-state index contributed by atoms with van der Waals surface area (Å²) < 4.78 is 0. The molecule has 0 amide bonds. The van der Waals surface area contributed by atoms with Crippen LogP contribution in [0.5, 0.6) is 11.5 Å². The van der Waals surface area contributed by atoms with Crippen molar-refractivity contribution in [3.8, 4) is 11.5 Å². The zero-order valence-electron chi connectivity index (χ0n) is 14.3. The van der Waals surface area contributed by atoms with Crippen LogP contribution in [0.15, 0.2) is 24.3 Å². The Hall–Kier alpha value is -1.44. The van der Waals surface area contributed by atoms with Gasteiger partial charge in [-0.15, -0.1) is 0 Å². The summed E-state index contributed by atoms with van der Waals surface area (Å²) in [6.07, 6.45) is 16.8. The summed E-state index contributed by atoms with van der Waals surface area (Å²) in [5.41, 5.74) is 1.59. The number of aromatic hydroxyl groups is 2. The maximum absolute atomic E-state index is 9.69. The molecule has 0 aliphatic carbocycles. The second kappa shape index (κ2) is 11.2. The van der Waals surface area contributed by atoms with Crippen LogP contribution >= 0.6 is 0 Å². The van der Waals surface area contributed by atoms with Gasteiger partial charge >= 0.3 is 0 Å². The van der Waals surface area contributed by atoms with E-state index in [9.17, 15) is 10.2 Å². The third-order valence-electron chi connectivity index (χ3n) is 4.14. The highest BCUT2D eigenvalue weighted by atomic mass is 16.3. The predicted octanol–water partition coefficient (Wildman–Crippen LogP) is 6.04. The molecule has 0 radical (unpaired) electrons. The molecule has 0 unspecified atom stereocenters. The van der Waals surface area contributed by atoms with E-state index in [0.29, 0.717) is 5.56 Å². The average Bonchev–Trinajstić information content (AvgIpc) is 2.50. The minimum atomic E-state index is 0.199. The lowest BCUT2D eigenvalue weighted by Gasteiger charge is -2.07. The van der Waals surface area contributed by atoms with Gasteiger partial charge in [0.25, 0.3) is 0 Å². The third kappa shape index (κ3) is 7.53. The molecule has 0 saturated heterocycles. The Labute approximate surface area is 135 Å². The van der Waals surface area contributed by atoms with Crippen molar-refractivity contribution in [2.75, 3.05) is 0 Å². The summed E-state index contributed by atoms with van der Waals surface area (Å²) >= 11 is 0. The number of unbranched alkanes of at least 4 members (excludes halogenated alkanes) is 7. The molecule has 2 heteroatoms. The molecule has 0 fully saturated rings. The standard InChI is InChI=1S/C20H32O2/c1-3-4-5-6-7-8-9-10-11-12-13-14-18-15-19(21)17(2)20(22)16-18/h6-7,15-16,21-22H,3-5,8-14H2,1-2H3. The first-order valence-electron chi connectivity index (χ1n) is 8.81. The van der Waals surface area contributed by atoms with Crippen molar-refractivity contribution in [2.24, 2.45) is 0 Å². The van der Waals surface area contributed by atoms with E-state index in [1.807, 2.05) is 0 Å². The van der Waals surface area contributed by atoms with Gasteiger partial charge in [0.2, 0.25) is 0 Å². The molecule has 0 aromatic heterocycles. The van der Waals surface area contributed by atoms with Gasteiger partial charge in [0.15, 0.2) is 0 Å². The summed E-state index contributed by atoms with van der Waals surface area (Å²) in [7, 11) is 0. The van der Waals surface area contributed by atoms with Crippen LogP contribution in [-0.2, 0) is 6.42 Å². The summed E-state index contributed by atoms with van der Waals surface area (Å²) in [4.78, 5) is 0. The second-order valence-corrected chi connectivity index (χ2v) is 6.18. The van der Waals surface area contributed by atoms with Gasteiger partial charge in [-0.25, -0.2) is 0 Å². The zero-order chi connectivity index (χ0) is 16.2. The molecule has 0 saturated carbocycles. The van der Waals surface area contributed by atoms with Crippen LogP contribution in [0.25, 0.3) is 0 Å². The number of allylic oxidation sites excluding steroid dienone is 2. The van der Waals surface area contributed by atoms with Crippen molar-refractivity contribution in [3.05, 3.63) is 35.4 Å². The summed E-state index contributed by atoms with van der Waals surface area (Å²) in [5, 5.41) is 19.4. The molecule has 0 aliphatic rings. The van der Waals surface area contributed by atoms with E-state index >= 15 is 0 Å². The molecule has 0 spiro atoms. The number of hydrogen-bond donors (Lipinski definition) is 2. The van der Waals surface area contributed by atoms with E-state index < -0.39 is 0 Å². The highest BCUT2D eigenvalue weighted by Gasteiger charge is 2.04. The Balaban J connectivity index is 2.05. The molecule has 124 valence electrons. The lowest BCUT2D eigenvalue weighted by atomic mass is 10.0. The molecule has 0 aliphatic heterocycles. The molecule has 0 heterocycles. The molecule has 2 N–H and O–H groups in total. The van der Waals surface area contributed by atoms with Crippen LogP contribution in [0.3, 0.4) is 0 Å². The Bertz CT molecular complexity index is 426. The first-order valence-corrected chi connectivity index (χ1v) is 8.81. The van der Waals surface area contributed by atoms with Crippen molar-refractivity contribution in [3.63, 3.8) is 0 Å². The van der Waals surface area contributed by atoms with Crippen LogP contribution in [-0.4, -0.2) is 10.2 Å². The number of benzene rings is 1. The van der Waals surface area contributed by atoms with Crippen LogP contribution in [0, 0.1) is 6.92 Å². The summed E-state index contributed by atoms with van der Waals surface area (Å²) in [6.45, 7) is 3.96. The molecule has 1 aromatic carbocycles. The van der Waals surface area contributed by atoms with E-state index in [1.165, 1.54) is 51.4 Å². The number of phenols is 2. The van der Waals surface area contributed by atoms with Crippen molar-refractivity contribution < 1.29 is 10.2 Å². The minimum Gasteiger partial charge on any atom is -0.508 e. The predicted molar refractivity (Wildman–Crippen MR) is 94.6 cm³/mol. The van der Waals surface area contributed by atoms with Crippen molar-refractivity contribution in [1.82, 2.24) is 0 Å². The van der Waals surface area contributed by atoms with Gasteiger partial charge in [0.05, 0.1) is 0 Å². The molecular weight excluding hydrogens is 272 g/mol. The lowest BCUT2D eigenvalue weighted by Crippen LogP contribution is -1.88. The van der Waals surface area contributed by atoms with E-state index in [0.717, 1.165) is 18.4 Å². The second-order valence-electron chi connectivity index (χ2n) is 6.18. The number of rotatable bonds is 11. The fourth-order valence-electron chi connectivity index (χ4n) is 2.56. The van der Waals surface area contributed by atoms with Gasteiger partial charge in [0, 0.05) is 5.56 Å². The molecule has 1 rings (SSSR count). The van der Waals surface area contributed by atoms with Gasteiger partial charge in [-0.1, -0.05) is 51.2 Å². The van der Waals surface area contributed by atoms with Crippen LogP contribution < -0.4 is 0 Å². The van der Waals surface area contributed by atoms with Crippen LogP contribution in [0.2, 0.25) is 0 Å². The number of phenolic OH excluding ortho intramolecular Hbond substituents is 2. The van der Waals surface area contributed by atoms with Gasteiger partial charge < -0.3 is 10.2 Å². The maximum atomic E-state index is 9.69. The lowest BCUT2D eigenvalue weighted by molar-refractivity contribution is 0.441. The Morgan fingerprint density at radius 2 is 1.36 bits per heavy atom. The highest BCUT2D eigenvalue weighted by Crippen LogP contribution is 2.28. The summed E-state index contributed by atoms with van der Waals surface area (Å²) in [5.74, 6) is 0.398. The number of hydrogen-bond acceptors (Lipinski definition) is 2. The Morgan fingerprint density at radius 3 is 2.00 bits per heavy atom. The fourth-order valence-corrected chi connectivity index (χ4v) is 2.56. The monoisotopic (exact) mass is 304 g/mol. The maximum Gasteiger partial charge on any atom is 0.122 e. The van der Waals surface area contributed by atoms with E-state index in [1.54, 1.807) is 19.1 Å². The van der Waals surface area contributed by atoms with Gasteiger partial charge in [-0.3, -0.25) is 0 Å². The normalized spacial score (nSPS) is 11.4. The van der Waals surface area contributed by atoms with Crippen molar-refractivity contribution >= 4 is 0 Å². The quantitative estimate of drug-likeness (QED) is 0.387. The molecule has 0 bridgehead atoms. The first-order chi connectivity index (χ1) is 10.6. The fraction of sp³-hybridized carbons (Fsp3) is 0.600. The Kier molecular flexibility index (Phi) is 9.45. The SMILES string of the molecule is CCCCC=CCCCCCCCc1cc(O)c(C)c(O)c1. The van der Waals surface area contributed by atoms with Gasteiger partial charge in [-0.05, 0) is 56.7 Å². The molecular formula is C20H32O2. The smallest absolute Gasteiger partial charge is 0.122 e. The van der Waals surface area contributed by atoms with E-state index in [4.69, 9.17) is 0 Å². The molecule has 22 heavy (non-hydrogen) atoms. The molecule has 0 atom stereocenters. The Morgan fingerprint density at radius 1 is 0.818 bits per heavy atom. The zero-order valence-corrected chi connectivity index (χ0v) is 14.3. The number of aryl methyl sites for hydroxylation is 1. The first kappa shape index (κ1) is 18.6. The van der Waals surface area contributed by atoms with E-state index in [-0.39, 0.29) is 11.5 Å². The highest BCUT2D eigenvalue weighted by molar-refractivity contribution is 5.45. The average molecular weight is 304 g/mol. The van der Waals surface area contributed by atoms with E-state index in [2.05, 4.69) is 19.1 Å².